The number of carbonyl (C=O) groups is 1. The van der Waals surface area contributed by atoms with Crippen molar-refractivity contribution < 1.29 is 9.53 Å². The van der Waals surface area contributed by atoms with Crippen LogP contribution in [0.2, 0.25) is 0 Å². The molecule has 1 aliphatic rings. The lowest BCUT2D eigenvalue weighted by Crippen LogP contribution is -2.25. The number of benzene rings is 2. The largest absolute Gasteiger partial charge is 0.492 e. The first-order chi connectivity index (χ1) is 16.1. The van der Waals surface area contributed by atoms with Gasteiger partial charge >= 0.3 is 0 Å². The van der Waals surface area contributed by atoms with E-state index in [0.717, 1.165) is 29.2 Å². The lowest BCUT2D eigenvalue weighted by atomic mass is 10.2. The molecule has 0 unspecified atom stereocenters. The molecule has 0 bridgehead atoms. The van der Waals surface area contributed by atoms with Crippen LogP contribution in [0.3, 0.4) is 0 Å². The van der Waals surface area contributed by atoms with E-state index < -0.39 is 0 Å². The molecular weight excluding hydrogens is 416 g/mol. The minimum atomic E-state index is -0.135. The van der Waals surface area contributed by atoms with E-state index in [2.05, 4.69) is 30.8 Å². The summed E-state index contributed by atoms with van der Waals surface area (Å²) in [5.74, 6) is 1.86. The number of nitrogens with one attached hydrogen (secondary N) is 3. The molecule has 33 heavy (non-hydrogen) atoms. The first kappa shape index (κ1) is 22.5. The van der Waals surface area contributed by atoms with Gasteiger partial charge in [0.1, 0.15) is 18.2 Å². The maximum absolute atomic E-state index is 11.9. The van der Waals surface area contributed by atoms with Crippen LogP contribution in [0.5, 0.6) is 5.75 Å². The molecule has 0 aliphatic carbocycles. The molecule has 0 radical (unpaired) electrons. The molecule has 1 saturated heterocycles. The number of anilines is 4. The number of hydrogen-bond donors (Lipinski definition) is 3. The van der Waals surface area contributed by atoms with E-state index in [1.807, 2.05) is 43.3 Å². The first-order valence-electron chi connectivity index (χ1n) is 11.3. The Hall–Kier alpha value is -3.65. The highest BCUT2D eigenvalue weighted by molar-refractivity contribution is 5.95. The molecule has 3 N–H and O–H groups in total. The fourth-order valence-corrected chi connectivity index (χ4v) is 3.71. The van der Waals surface area contributed by atoms with E-state index in [1.54, 1.807) is 25.4 Å². The zero-order valence-corrected chi connectivity index (χ0v) is 19.1. The van der Waals surface area contributed by atoms with Crippen molar-refractivity contribution in [1.29, 1.82) is 0 Å². The number of rotatable bonds is 9. The van der Waals surface area contributed by atoms with Crippen LogP contribution in [0.4, 0.5) is 23.1 Å². The molecule has 8 heteroatoms. The number of amides is 1. The fourth-order valence-electron chi connectivity index (χ4n) is 3.71. The summed E-state index contributed by atoms with van der Waals surface area (Å²) in [6.45, 7) is 5.96. The van der Waals surface area contributed by atoms with Crippen LogP contribution in [0, 0.1) is 6.92 Å². The lowest BCUT2D eigenvalue weighted by molar-refractivity contribution is 0.0963. The maximum Gasteiger partial charge on any atom is 0.251 e. The van der Waals surface area contributed by atoms with Crippen molar-refractivity contribution in [3.63, 3.8) is 0 Å². The molecule has 1 amide bonds. The van der Waals surface area contributed by atoms with Gasteiger partial charge in [-0.25, -0.2) is 4.98 Å². The summed E-state index contributed by atoms with van der Waals surface area (Å²) in [7, 11) is 1.61. The van der Waals surface area contributed by atoms with Crippen LogP contribution in [-0.4, -0.2) is 54.1 Å². The van der Waals surface area contributed by atoms with Gasteiger partial charge in [0.25, 0.3) is 5.91 Å². The lowest BCUT2D eigenvalue weighted by Gasteiger charge is -2.15. The van der Waals surface area contributed by atoms with Crippen LogP contribution < -0.4 is 20.7 Å². The van der Waals surface area contributed by atoms with Crippen molar-refractivity contribution in [2.24, 2.45) is 0 Å². The minimum Gasteiger partial charge on any atom is -0.492 e. The summed E-state index contributed by atoms with van der Waals surface area (Å²) in [6, 6.07) is 15.1. The average molecular weight is 447 g/mol. The Balaban J connectivity index is 1.37. The summed E-state index contributed by atoms with van der Waals surface area (Å²) in [4.78, 5) is 23.3. The van der Waals surface area contributed by atoms with Crippen molar-refractivity contribution in [3.05, 3.63) is 65.9 Å². The molecule has 8 nitrogen and oxygen atoms in total. The van der Waals surface area contributed by atoms with Gasteiger partial charge in [0.15, 0.2) is 0 Å². The monoisotopic (exact) mass is 446 g/mol. The van der Waals surface area contributed by atoms with Crippen LogP contribution in [0.25, 0.3) is 0 Å². The molecule has 3 aromatic rings. The smallest absolute Gasteiger partial charge is 0.251 e. The van der Waals surface area contributed by atoms with Crippen LogP contribution in [-0.2, 0) is 0 Å². The highest BCUT2D eigenvalue weighted by Crippen LogP contribution is 2.23. The van der Waals surface area contributed by atoms with Gasteiger partial charge in [0, 0.05) is 42.3 Å². The van der Waals surface area contributed by atoms with Gasteiger partial charge in [-0.15, -0.1) is 0 Å². The Labute approximate surface area is 194 Å². The third kappa shape index (κ3) is 6.20. The molecule has 1 aliphatic heterocycles. The SMILES string of the molecule is CNC(=O)c1cccc(Nc2nc(Nc3ccc(OCCN4CCCC4)cc3)ncc2C)c1. The Morgan fingerprint density at radius 3 is 2.61 bits per heavy atom. The first-order valence-corrected chi connectivity index (χ1v) is 11.3. The summed E-state index contributed by atoms with van der Waals surface area (Å²) >= 11 is 0. The number of aromatic nitrogens is 2. The number of aryl methyl sites for hydroxylation is 1. The summed E-state index contributed by atoms with van der Waals surface area (Å²) < 4.78 is 5.87. The second kappa shape index (κ2) is 10.8. The van der Waals surface area contributed by atoms with Crippen LogP contribution >= 0.6 is 0 Å². The zero-order chi connectivity index (χ0) is 23.0. The minimum absolute atomic E-state index is 0.135. The van der Waals surface area contributed by atoms with E-state index in [-0.39, 0.29) is 5.91 Å². The Morgan fingerprint density at radius 1 is 1.06 bits per heavy atom. The third-order valence-electron chi connectivity index (χ3n) is 5.57. The number of carbonyl (C=O) groups excluding carboxylic acids is 1. The molecule has 0 atom stereocenters. The van der Waals surface area contributed by atoms with Crippen LogP contribution in [0.15, 0.2) is 54.7 Å². The Kier molecular flexibility index (Phi) is 7.36. The van der Waals surface area contributed by atoms with Crippen molar-refractivity contribution in [3.8, 4) is 5.75 Å². The Morgan fingerprint density at radius 2 is 1.85 bits per heavy atom. The fraction of sp³-hybridized carbons (Fsp3) is 0.320. The van der Waals surface area contributed by atoms with Gasteiger partial charge in [-0.05, 0) is 75.3 Å². The van der Waals surface area contributed by atoms with Gasteiger partial charge < -0.3 is 20.7 Å². The highest BCUT2D eigenvalue weighted by Gasteiger charge is 2.11. The second-order valence-electron chi connectivity index (χ2n) is 8.06. The molecular formula is C25H30N6O2. The van der Waals surface area contributed by atoms with Gasteiger partial charge in [-0.3, -0.25) is 9.69 Å². The molecule has 1 aromatic heterocycles. The van der Waals surface area contributed by atoms with Crippen LogP contribution in [0.1, 0.15) is 28.8 Å². The molecule has 4 rings (SSSR count). The molecule has 172 valence electrons. The van der Waals surface area contributed by atoms with E-state index >= 15 is 0 Å². The topological polar surface area (TPSA) is 91.4 Å². The van der Waals surface area contributed by atoms with E-state index in [1.165, 1.54) is 25.9 Å². The van der Waals surface area contributed by atoms with E-state index in [9.17, 15) is 4.79 Å². The second-order valence-corrected chi connectivity index (χ2v) is 8.06. The van der Waals surface area contributed by atoms with Gasteiger partial charge in [-0.2, -0.15) is 4.98 Å². The molecule has 1 fully saturated rings. The van der Waals surface area contributed by atoms with Gasteiger partial charge in [0.05, 0.1) is 0 Å². The van der Waals surface area contributed by atoms with Crippen molar-refractivity contribution >= 4 is 29.0 Å². The number of nitrogens with zero attached hydrogens (tertiary/aromatic N) is 3. The number of ether oxygens (including phenoxy) is 1. The van der Waals surface area contributed by atoms with E-state index in [4.69, 9.17) is 4.74 Å². The molecule has 0 spiro atoms. The molecule has 0 saturated carbocycles. The van der Waals surface area contributed by atoms with Crippen molar-refractivity contribution in [2.45, 2.75) is 19.8 Å². The normalized spacial score (nSPS) is 13.5. The summed E-state index contributed by atoms with van der Waals surface area (Å²) in [5, 5.41) is 9.15. The molecule has 2 aromatic carbocycles. The van der Waals surface area contributed by atoms with Gasteiger partial charge in [0.2, 0.25) is 5.95 Å². The van der Waals surface area contributed by atoms with Crippen molar-refractivity contribution in [2.75, 3.05) is 43.9 Å². The Bertz CT molecular complexity index is 1080. The maximum atomic E-state index is 11.9. The van der Waals surface area contributed by atoms with Gasteiger partial charge in [-0.1, -0.05) is 6.07 Å². The predicted octanol–water partition coefficient (Wildman–Crippen LogP) is 4.11. The summed E-state index contributed by atoms with van der Waals surface area (Å²) in [5.41, 5.74) is 3.13. The highest BCUT2D eigenvalue weighted by atomic mass is 16.5. The zero-order valence-electron chi connectivity index (χ0n) is 19.1. The molecule has 2 heterocycles. The number of likely N-dealkylation sites (tertiary alicyclic amines) is 1. The third-order valence-corrected chi connectivity index (χ3v) is 5.57. The number of hydrogen-bond acceptors (Lipinski definition) is 7. The van der Waals surface area contributed by atoms with E-state index in [0.29, 0.717) is 23.9 Å². The quantitative estimate of drug-likeness (QED) is 0.456. The average Bonchev–Trinajstić information content (AvgIpc) is 3.35. The van der Waals surface area contributed by atoms with Crippen molar-refractivity contribution in [1.82, 2.24) is 20.2 Å². The predicted molar refractivity (Wildman–Crippen MR) is 131 cm³/mol. The summed E-state index contributed by atoms with van der Waals surface area (Å²) in [6.07, 6.45) is 4.35. The standard InChI is InChI=1S/C25H30N6O2/c1-18-17-27-25(30-23(18)28-21-7-5-6-19(16-21)24(32)26-2)29-20-8-10-22(11-9-20)33-15-14-31-12-3-4-13-31/h5-11,16-17H,3-4,12-15H2,1-2H3,(H,26,32)(H2,27,28,29,30).